The van der Waals surface area contributed by atoms with E-state index in [1.165, 1.54) is 12.3 Å². The maximum Gasteiger partial charge on any atom is 0.141 e. The normalized spacial score (nSPS) is 26.8. The minimum absolute atomic E-state index is 0.118. The Hall–Kier alpha value is -1.00. The zero-order chi connectivity index (χ0) is 14.0. The van der Waals surface area contributed by atoms with E-state index in [0.29, 0.717) is 12.1 Å². The predicted octanol–water partition coefficient (Wildman–Crippen LogP) is 3.07. The molecular formula is C15H23FN2O. The number of hydrogen-bond donors (Lipinski definition) is 1. The number of halogens is 1. The standard InChI is InChI=1S/C15H23FN2O/c1-5-19-14-8-13(15(14,3)4)18-10(2)12-7-6-11(16)9-17-12/h6-7,9-10,13-14,18H,5,8H2,1-4H3. The molecule has 1 aromatic heterocycles. The Kier molecular flexibility index (Phi) is 4.21. The number of aromatic nitrogens is 1. The molecule has 2 rings (SSSR count). The average molecular weight is 266 g/mol. The van der Waals surface area contributed by atoms with Gasteiger partial charge in [-0.2, -0.15) is 0 Å². The highest BCUT2D eigenvalue weighted by molar-refractivity contribution is 5.11. The van der Waals surface area contributed by atoms with Gasteiger partial charge in [-0.05, 0) is 32.4 Å². The van der Waals surface area contributed by atoms with Gasteiger partial charge in [-0.25, -0.2) is 4.39 Å². The summed E-state index contributed by atoms with van der Waals surface area (Å²) in [6.07, 6.45) is 2.61. The lowest BCUT2D eigenvalue weighted by Crippen LogP contribution is -2.61. The van der Waals surface area contributed by atoms with E-state index in [1.54, 1.807) is 6.07 Å². The van der Waals surface area contributed by atoms with Gasteiger partial charge in [0, 0.05) is 24.1 Å². The van der Waals surface area contributed by atoms with Gasteiger partial charge in [0.05, 0.1) is 18.0 Å². The molecule has 1 saturated carbocycles. The van der Waals surface area contributed by atoms with Crippen LogP contribution in [0.5, 0.6) is 0 Å². The van der Waals surface area contributed by atoms with Crippen molar-refractivity contribution < 1.29 is 9.13 Å². The van der Waals surface area contributed by atoms with Crippen LogP contribution in [0.1, 0.15) is 45.9 Å². The summed E-state index contributed by atoms with van der Waals surface area (Å²) < 4.78 is 18.6. The third kappa shape index (κ3) is 2.95. The fourth-order valence-corrected chi connectivity index (χ4v) is 2.68. The van der Waals surface area contributed by atoms with E-state index in [4.69, 9.17) is 4.74 Å². The van der Waals surface area contributed by atoms with E-state index >= 15 is 0 Å². The van der Waals surface area contributed by atoms with Crippen molar-refractivity contribution in [3.63, 3.8) is 0 Å². The van der Waals surface area contributed by atoms with Crippen molar-refractivity contribution in [3.8, 4) is 0 Å². The van der Waals surface area contributed by atoms with Crippen LogP contribution in [-0.2, 0) is 4.74 Å². The third-order valence-corrected chi connectivity index (χ3v) is 4.19. The van der Waals surface area contributed by atoms with Crippen molar-refractivity contribution in [2.24, 2.45) is 5.41 Å². The van der Waals surface area contributed by atoms with Gasteiger partial charge < -0.3 is 10.1 Å². The lowest BCUT2D eigenvalue weighted by molar-refractivity contribution is -0.116. The Morgan fingerprint density at radius 1 is 1.53 bits per heavy atom. The number of nitrogens with one attached hydrogen (secondary N) is 1. The van der Waals surface area contributed by atoms with Crippen LogP contribution in [0.4, 0.5) is 4.39 Å². The van der Waals surface area contributed by atoms with Crippen molar-refractivity contribution in [3.05, 3.63) is 29.8 Å². The fraction of sp³-hybridized carbons (Fsp3) is 0.667. The first-order valence-corrected chi connectivity index (χ1v) is 6.94. The highest BCUT2D eigenvalue weighted by Gasteiger charge is 2.49. The first kappa shape index (κ1) is 14.4. The van der Waals surface area contributed by atoms with Gasteiger partial charge in [0.2, 0.25) is 0 Å². The molecule has 19 heavy (non-hydrogen) atoms. The molecule has 1 fully saturated rings. The number of nitrogens with zero attached hydrogens (tertiary/aromatic N) is 1. The molecule has 3 unspecified atom stereocenters. The van der Waals surface area contributed by atoms with Crippen LogP contribution in [-0.4, -0.2) is 23.7 Å². The van der Waals surface area contributed by atoms with Crippen LogP contribution in [0.3, 0.4) is 0 Å². The molecule has 0 spiro atoms. The molecule has 0 saturated heterocycles. The molecule has 1 aromatic rings. The van der Waals surface area contributed by atoms with Crippen molar-refractivity contribution >= 4 is 0 Å². The van der Waals surface area contributed by atoms with Crippen molar-refractivity contribution in [2.75, 3.05) is 6.61 Å². The summed E-state index contributed by atoms with van der Waals surface area (Å²) in [7, 11) is 0. The molecule has 0 radical (unpaired) electrons. The lowest BCUT2D eigenvalue weighted by atomic mass is 9.64. The van der Waals surface area contributed by atoms with Gasteiger partial charge in [-0.3, -0.25) is 4.98 Å². The molecule has 0 bridgehead atoms. The van der Waals surface area contributed by atoms with Crippen molar-refractivity contribution in [1.29, 1.82) is 0 Å². The fourth-order valence-electron chi connectivity index (χ4n) is 2.68. The molecule has 4 heteroatoms. The van der Waals surface area contributed by atoms with Crippen LogP contribution in [0.25, 0.3) is 0 Å². The van der Waals surface area contributed by atoms with Crippen LogP contribution in [0, 0.1) is 11.2 Å². The van der Waals surface area contributed by atoms with Crippen LogP contribution in [0.2, 0.25) is 0 Å². The minimum Gasteiger partial charge on any atom is -0.378 e. The quantitative estimate of drug-likeness (QED) is 0.889. The maximum absolute atomic E-state index is 12.8. The van der Waals surface area contributed by atoms with Gasteiger partial charge in [0.25, 0.3) is 0 Å². The molecule has 3 nitrogen and oxygen atoms in total. The molecule has 1 N–H and O–H groups in total. The first-order valence-electron chi connectivity index (χ1n) is 6.94. The molecule has 0 aliphatic heterocycles. The summed E-state index contributed by atoms with van der Waals surface area (Å²) in [4.78, 5) is 4.12. The second-order valence-electron chi connectivity index (χ2n) is 5.84. The minimum atomic E-state index is -0.295. The van der Waals surface area contributed by atoms with Gasteiger partial charge >= 0.3 is 0 Å². The Morgan fingerprint density at radius 2 is 2.26 bits per heavy atom. The molecule has 0 aromatic carbocycles. The molecule has 1 heterocycles. The number of ether oxygens (including phenoxy) is 1. The lowest BCUT2D eigenvalue weighted by Gasteiger charge is -2.52. The van der Waals surface area contributed by atoms with Gasteiger partial charge in [-0.15, -0.1) is 0 Å². The van der Waals surface area contributed by atoms with Gasteiger partial charge in [0.15, 0.2) is 0 Å². The summed E-state index contributed by atoms with van der Waals surface area (Å²) in [6.45, 7) is 9.29. The molecular weight excluding hydrogens is 243 g/mol. The van der Waals surface area contributed by atoms with Gasteiger partial charge in [-0.1, -0.05) is 13.8 Å². The molecule has 3 atom stereocenters. The van der Waals surface area contributed by atoms with Gasteiger partial charge in [0.1, 0.15) is 5.82 Å². The predicted molar refractivity (Wildman–Crippen MR) is 73.3 cm³/mol. The largest absolute Gasteiger partial charge is 0.378 e. The van der Waals surface area contributed by atoms with Crippen LogP contribution in [0.15, 0.2) is 18.3 Å². The zero-order valence-electron chi connectivity index (χ0n) is 12.1. The second kappa shape index (κ2) is 5.55. The SMILES string of the molecule is CCOC1CC(NC(C)c2ccc(F)cn2)C1(C)C. The molecule has 0 amide bonds. The van der Waals surface area contributed by atoms with E-state index in [-0.39, 0.29) is 17.3 Å². The van der Waals surface area contributed by atoms with E-state index in [2.05, 4.69) is 31.1 Å². The number of pyridine rings is 1. The Labute approximate surface area is 114 Å². The molecule has 1 aliphatic carbocycles. The van der Waals surface area contributed by atoms with Crippen LogP contribution >= 0.6 is 0 Å². The van der Waals surface area contributed by atoms with E-state index in [0.717, 1.165) is 18.7 Å². The summed E-state index contributed by atoms with van der Waals surface area (Å²) in [6, 6.07) is 3.71. The summed E-state index contributed by atoms with van der Waals surface area (Å²) in [5.74, 6) is -0.295. The Balaban J connectivity index is 1.93. The molecule has 106 valence electrons. The Morgan fingerprint density at radius 3 is 2.79 bits per heavy atom. The average Bonchev–Trinajstić information content (AvgIpc) is 2.38. The Bertz CT molecular complexity index is 419. The zero-order valence-corrected chi connectivity index (χ0v) is 12.1. The smallest absolute Gasteiger partial charge is 0.141 e. The third-order valence-electron chi connectivity index (χ3n) is 4.19. The monoisotopic (exact) mass is 266 g/mol. The number of hydrogen-bond acceptors (Lipinski definition) is 3. The highest BCUT2D eigenvalue weighted by Crippen LogP contribution is 2.43. The summed E-state index contributed by atoms with van der Waals surface area (Å²) >= 11 is 0. The van der Waals surface area contributed by atoms with E-state index in [9.17, 15) is 4.39 Å². The molecule has 1 aliphatic rings. The topological polar surface area (TPSA) is 34.1 Å². The van der Waals surface area contributed by atoms with Crippen LogP contribution < -0.4 is 5.32 Å². The first-order chi connectivity index (χ1) is 8.95. The second-order valence-corrected chi connectivity index (χ2v) is 5.84. The van der Waals surface area contributed by atoms with Crippen molar-refractivity contribution in [1.82, 2.24) is 10.3 Å². The van der Waals surface area contributed by atoms with E-state index < -0.39 is 0 Å². The van der Waals surface area contributed by atoms with Crippen molar-refractivity contribution in [2.45, 2.75) is 52.3 Å². The summed E-state index contributed by atoms with van der Waals surface area (Å²) in [5.41, 5.74) is 1.00. The number of rotatable bonds is 5. The maximum atomic E-state index is 12.8. The van der Waals surface area contributed by atoms with E-state index in [1.807, 2.05) is 6.92 Å². The summed E-state index contributed by atoms with van der Waals surface area (Å²) in [5, 5.41) is 3.57. The highest BCUT2D eigenvalue weighted by atomic mass is 19.1.